The molecule has 0 spiro atoms. The molecule has 0 N–H and O–H groups in total. The lowest BCUT2D eigenvalue weighted by molar-refractivity contribution is 0.129. The smallest absolute Gasteiger partial charge is 0.0358 e. The van der Waals surface area contributed by atoms with Gasteiger partial charge in [0.1, 0.15) is 0 Å². The first-order valence-electron chi connectivity index (χ1n) is 8.16. The predicted octanol–water partition coefficient (Wildman–Crippen LogP) is 6.06. The van der Waals surface area contributed by atoms with Crippen molar-refractivity contribution in [2.24, 2.45) is 23.7 Å². The van der Waals surface area contributed by atoms with E-state index in [1.165, 1.54) is 57.8 Å². The van der Waals surface area contributed by atoms with E-state index in [1.807, 2.05) is 0 Å². The first-order valence-corrected chi connectivity index (χ1v) is 8.16. The van der Waals surface area contributed by atoms with Crippen molar-refractivity contribution in [2.45, 2.75) is 85.5 Å². The summed E-state index contributed by atoms with van der Waals surface area (Å²) in [6, 6.07) is 0. The van der Waals surface area contributed by atoms with Crippen molar-refractivity contribution in [3.05, 3.63) is 0 Å². The highest BCUT2D eigenvalue weighted by Crippen LogP contribution is 2.40. The number of unbranched alkanes of at least 4 members (excludes halogenated alkanes) is 3. The summed E-state index contributed by atoms with van der Waals surface area (Å²) in [5, 5.41) is 0. The van der Waals surface area contributed by atoms with E-state index in [1.54, 1.807) is 0 Å². The SMILES string of the molecule is CCCCCCC1CCCCC1C(C)C(C)C. The molecule has 3 unspecified atom stereocenters. The van der Waals surface area contributed by atoms with E-state index in [0.717, 1.165) is 23.7 Å². The summed E-state index contributed by atoms with van der Waals surface area (Å²) < 4.78 is 0. The van der Waals surface area contributed by atoms with Crippen LogP contribution in [0.1, 0.15) is 85.5 Å². The molecule has 0 aliphatic heterocycles. The molecule has 0 nitrogen and oxygen atoms in total. The molecule has 17 heavy (non-hydrogen) atoms. The van der Waals surface area contributed by atoms with E-state index in [2.05, 4.69) is 27.7 Å². The summed E-state index contributed by atoms with van der Waals surface area (Å²) >= 11 is 0. The van der Waals surface area contributed by atoms with Gasteiger partial charge in [0, 0.05) is 0 Å². The molecule has 1 aliphatic rings. The van der Waals surface area contributed by atoms with Gasteiger partial charge in [-0.1, -0.05) is 79.1 Å². The summed E-state index contributed by atoms with van der Waals surface area (Å²) in [6.45, 7) is 9.63. The molecule has 1 aliphatic carbocycles. The molecule has 1 rings (SSSR count). The van der Waals surface area contributed by atoms with Crippen molar-refractivity contribution in [3.8, 4) is 0 Å². The molecule has 1 fully saturated rings. The second-order valence-electron chi connectivity index (χ2n) is 6.66. The fourth-order valence-electron chi connectivity index (χ4n) is 3.61. The Kier molecular flexibility index (Phi) is 7.23. The van der Waals surface area contributed by atoms with E-state index >= 15 is 0 Å². The molecule has 102 valence electrons. The van der Waals surface area contributed by atoms with Gasteiger partial charge in [-0.25, -0.2) is 0 Å². The number of hydrogen-bond acceptors (Lipinski definition) is 0. The van der Waals surface area contributed by atoms with Crippen LogP contribution in [0, 0.1) is 23.7 Å². The molecule has 0 saturated heterocycles. The lowest BCUT2D eigenvalue weighted by atomic mass is 9.68. The van der Waals surface area contributed by atoms with Crippen molar-refractivity contribution < 1.29 is 0 Å². The highest BCUT2D eigenvalue weighted by molar-refractivity contribution is 4.80. The average Bonchev–Trinajstić information content (AvgIpc) is 2.34. The highest BCUT2D eigenvalue weighted by Gasteiger charge is 2.30. The number of hydrogen-bond donors (Lipinski definition) is 0. The highest BCUT2D eigenvalue weighted by atomic mass is 14.4. The maximum Gasteiger partial charge on any atom is -0.0358 e. The molecule has 0 radical (unpaired) electrons. The maximum atomic E-state index is 2.50. The Morgan fingerprint density at radius 2 is 1.65 bits per heavy atom. The van der Waals surface area contributed by atoms with E-state index in [-0.39, 0.29) is 0 Å². The molecule has 0 aromatic rings. The van der Waals surface area contributed by atoms with Gasteiger partial charge in [0.2, 0.25) is 0 Å². The summed E-state index contributed by atoms with van der Waals surface area (Å²) in [6.07, 6.45) is 13.3. The van der Waals surface area contributed by atoms with Crippen LogP contribution < -0.4 is 0 Å². The van der Waals surface area contributed by atoms with Gasteiger partial charge in [-0.05, 0) is 30.1 Å². The lowest BCUT2D eigenvalue weighted by Gasteiger charge is -2.37. The summed E-state index contributed by atoms with van der Waals surface area (Å²) in [7, 11) is 0. The quantitative estimate of drug-likeness (QED) is 0.473. The van der Waals surface area contributed by atoms with Crippen LogP contribution in [0.25, 0.3) is 0 Å². The van der Waals surface area contributed by atoms with Crippen LogP contribution in [0.15, 0.2) is 0 Å². The van der Waals surface area contributed by atoms with Crippen LogP contribution in [-0.2, 0) is 0 Å². The maximum absolute atomic E-state index is 2.50. The van der Waals surface area contributed by atoms with Crippen molar-refractivity contribution in [1.82, 2.24) is 0 Å². The van der Waals surface area contributed by atoms with Crippen LogP contribution in [0.3, 0.4) is 0 Å². The Balaban J connectivity index is 2.37. The molecular formula is C17H34. The third-order valence-electron chi connectivity index (χ3n) is 5.12. The van der Waals surface area contributed by atoms with Gasteiger partial charge in [-0.2, -0.15) is 0 Å². The molecule has 0 heteroatoms. The number of rotatable bonds is 7. The van der Waals surface area contributed by atoms with Gasteiger partial charge in [0.05, 0.1) is 0 Å². The Bertz CT molecular complexity index is 182. The second kappa shape index (κ2) is 8.16. The van der Waals surface area contributed by atoms with E-state index in [0.29, 0.717) is 0 Å². The fraction of sp³-hybridized carbons (Fsp3) is 1.00. The summed E-state index contributed by atoms with van der Waals surface area (Å²) in [5.74, 6) is 3.89. The molecule has 0 aromatic heterocycles. The average molecular weight is 238 g/mol. The summed E-state index contributed by atoms with van der Waals surface area (Å²) in [4.78, 5) is 0. The third-order valence-corrected chi connectivity index (χ3v) is 5.12. The molecule has 0 bridgehead atoms. The largest absolute Gasteiger partial charge is 0.0654 e. The summed E-state index contributed by atoms with van der Waals surface area (Å²) in [5.41, 5.74) is 0. The third kappa shape index (κ3) is 5.02. The minimum Gasteiger partial charge on any atom is -0.0654 e. The second-order valence-corrected chi connectivity index (χ2v) is 6.66. The molecule has 1 saturated carbocycles. The van der Waals surface area contributed by atoms with Crippen LogP contribution in [-0.4, -0.2) is 0 Å². The minimum atomic E-state index is 0.872. The molecule has 3 atom stereocenters. The molecule has 0 heterocycles. The zero-order valence-corrected chi connectivity index (χ0v) is 12.7. The Hall–Kier alpha value is 0. The van der Waals surface area contributed by atoms with Crippen molar-refractivity contribution in [3.63, 3.8) is 0 Å². The van der Waals surface area contributed by atoms with Crippen LogP contribution >= 0.6 is 0 Å². The van der Waals surface area contributed by atoms with Crippen molar-refractivity contribution in [2.75, 3.05) is 0 Å². The van der Waals surface area contributed by atoms with Gasteiger partial charge >= 0.3 is 0 Å². The Labute approximate surface area is 110 Å². The van der Waals surface area contributed by atoms with Gasteiger partial charge in [-0.15, -0.1) is 0 Å². The first kappa shape index (κ1) is 15.1. The minimum absolute atomic E-state index is 0.872. The van der Waals surface area contributed by atoms with Gasteiger partial charge < -0.3 is 0 Å². The standard InChI is InChI=1S/C17H34/c1-5-6-7-8-11-16-12-9-10-13-17(16)15(4)14(2)3/h14-17H,5-13H2,1-4H3. The zero-order valence-electron chi connectivity index (χ0n) is 12.7. The van der Waals surface area contributed by atoms with Gasteiger partial charge in [-0.3, -0.25) is 0 Å². The van der Waals surface area contributed by atoms with Crippen LogP contribution in [0.4, 0.5) is 0 Å². The first-order chi connectivity index (χ1) is 8.16. The molecule has 0 amide bonds. The van der Waals surface area contributed by atoms with Crippen molar-refractivity contribution >= 4 is 0 Å². The normalized spacial score (nSPS) is 27.4. The van der Waals surface area contributed by atoms with Crippen LogP contribution in [0.5, 0.6) is 0 Å². The van der Waals surface area contributed by atoms with E-state index in [9.17, 15) is 0 Å². The van der Waals surface area contributed by atoms with E-state index < -0.39 is 0 Å². The zero-order chi connectivity index (χ0) is 12.7. The lowest BCUT2D eigenvalue weighted by Crippen LogP contribution is -2.28. The molecular weight excluding hydrogens is 204 g/mol. The van der Waals surface area contributed by atoms with Gasteiger partial charge in [0.25, 0.3) is 0 Å². The van der Waals surface area contributed by atoms with Gasteiger partial charge in [0.15, 0.2) is 0 Å². The Morgan fingerprint density at radius 1 is 0.941 bits per heavy atom. The van der Waals surface area contributed by atoms with Crippen molar-refractivity contribution in [1.29, 1.82) is 0 Å². The Morgan fingerprint density at radius 3 is 2.29 bits per heavy atom. The topological polar surface area (TPSA) is 0 Å². The fourth-order valence-corrected chi connectivity index (χ4v) is 3.61. The monoisotopic (exact) mass is 238 g/mol. The predicted molar refractivity (Wildman–Crippen MR) is 78.2 cm³/mol. The molecule has 0 aromatic carbocycles. The van der Waals surface area contributed by atoms with E-state index in [4.69, 9.17) is 0 Å². The van der Waals surface area contributed by atoms with Crippen LogP contribution in [0.2, 0.25) is 0 Å².